The number of amides is 2. The van der Waals surface area contributed by atoms with Crippen LogP contribution in [0.2, 0.25) is 5.02 Å². The summed E-state index contributed by atoms with van der Waals surface area (Å²) in [6, 6.07) is 10.7. The number of benzene rings is 1. The first-order valence-electron chi connectivity index (χ1n) is 8.18. The Morgan fingerprint density at radius 2 is 1.86 bits per heavy atom. The second-order valence-electron chi connectivity index (χ2n) is 5.68. The number of ether oxygens (including phenoxy) is 1. The Kier molecular flexibility index (Phi) is 7.62. The summed E-state index contributed by atoms with van der Waals surface area (Å²) in [6.07, 6.45) is -2.87. The summed E-state index contributed by atoms with van der Waals surface area (Å²) in [5.74, 6) is -1.46. The number of rotatable bonds is 8. The first kappa shape index (κ1) is 21.5. The number of hydrogen-bond donors (Lipinski definition) is 2. The van der Waals surface area contributed by atoms with Crippen LogP contribution < -0.4 is 15.4 Å². The van der Waals surface area contributed by atoms with Crippen molar-refractivity contribution in [1.82, 2.24) is 15.6 Å². The van der Waals surface area contributed by atoms with Crippen molar-refractivity contribution in [3.05, 3.63) is 58.7 Å². The van der Waals surface area contributed by atoms with E-state index in [1.54, 1.807) is 0 Å². The van der Waals surface area contributed by atoms with Crippen molar-refractivity contribution in [2.75, 3.05) is 19.7 Å². The minimum atomic E-state index is -4.53. The van der Waals surface area contributed by atoms with Crippen LogP contribution in [0.5, 0.6) is 5.88 Å². The molecule has 0 aliphatic rings. The summed E-state index contributed by atoms with van der Waals surface area (Å²) in [4.78, 5) is 27.4. The van der Waals surface area contributed by atoms with Gasteiger partial charge in [0, 0.05) is 12.7 Å². The number of nitrogens with one attached hydrogen (secondary N) is 2. The van der Waals surface area contributed by atoms with E-state index >= 15 is 0 Å². The summed E-state index contributed by atoms with van der Waals surface area (Å²) in [7, 11) is 0. The third kappa shape index (κ3) is 7.43. The van der Waals surface area contributed by atoms with Gasteiger partial charge in [-0.15, -0.1) is 0 Å². The normalized spacial score (nSPS) is 11.0. The van der Waals surface area contributed by atoms with Crippen molar-refractivity contribution in [3.63, 3.8) is 0 Å². The van der Waals surface area contributed by atoms with Gasteiger partial charge in [0.25, 0.3) is 5.91 Å². The maximum absolute atomic E-state index is 12.1. The molecule has 2 aromatic rings. The van der Waals surface area contributed by atoms with E-state index in [1.165, 1.54) is 0 Å². The molecule has 2 amide bonds. The SMILES string of the molecule is O=C(CNC(=O)c1cnc(OCC(F)(F)F)c(Cl)c1)NCCc1ccccc1. The van der Waals surface area contributed by atoms with Crippen LogP contribution in [0.15, 0.2) is 42.6 Å². The van der Waals surface area contributed by atoms with Crippen molar-refractivity contribution in [2.24, 2.45) is 0 Å². The van der Waals surface area contributed by atoms with E-state index in [0.29, 0.717) is 13.0 Å². The lowest BCUT2D eigenvalue weighted by Gasteiger charge is -2.10. The lowest BCUT2D eigenvalue weighted by molar-refractivity contribution is -0.154. The summed E-state index contributed by atoms with van der Waals surface area (Å²) in [6.45, 7) is -1.40. The fourth-order valence-corrected chi connectivity index (χ4v) is 2.34. The Hall–Kier alpha value is -2.81. The smallest absolute Gasteiger partial charge is 0.422 e. The van der Waals surface area contributed by atoms with Gasteiger partial charge in [-0.05, 0) is 18.1 Å². The maximum atomic E-state index is 12.1. The van der Waals surface area contributed by atoms with Crippen LogP contribution in [0.1, 0.15) is 15.9 Å². The molecule has 0 saturated carbocycles. The number of aromatic nitrogens is 1. The number of pyridine rings is 1. The quantitative estimate of drug-likeness (QED) is 0.694. The van der Waals surface area contributed by atoms with Crippen LogP contribution in [0, 0.1) is 0 Å². The van der Waals surface area contributed by atoms with Crippen molar-refractivity contribution >= 4 is 23.4 Å². The highest BCUT2D eigenvalue weighted by Crippen LogP contribution is 2.24. The molecule has 0 saturated heterocycles. The Morgan fingerprint density at radius 3 is 2.50 bits per heavy atom. The molecule has 0 bridgehead atoms. The zero-order valence-corrected chi connectivity index (χ0v) is 15.3. The highest BCUT2D eigenvalue weighted by atomic mass is 35.5. The predicted molar refractivity (Wildman–Crippen MR) is 96.3 cm³/mol. The molecule has 6 nitrogen and oxygen atoms in total. The number of hydrogen-bond acceptors (Lipinski definition) is 4. The molecule has 0 fully saturated rings. The third-order valence-electron chi connectivity index (χ3n) is 3.43. The molecule has 1 aromatic heterocycles. The average Bonchev–Trinajstić information content (AvgIpc) is 2.65. The predicted octanol–water partition coefficient (Wildman–Crippen LogP) is 2.76. The van der Waals surface area contributed by atoms with E-state index in [2.05, 4.69) is 20.4 Å². The number of alkyl halides is 3. The van der Waals surface area contributed by atoms with Gasteiger partial charge in [0.05, 0.1) is 12.1 Å². The molecular weight excluding hydrogens is 399 g/mol. The standard InChI is InChI=1S/C18H17ClF3N3O3/c19-14-8-13(9-25-17(14)28-11-18(20,21)22)16(27)24-10-15(26)23-7-6-12-4-2-1-3-5-12/h1-5,8-9H,6-7,10-11H2,(H,23,26)(H,24,27). The monoisotopic (exact) mass is 415 g/mol. The molecule has 0 atom stereocenters. The first-order chi connectivity index (χ1) is 13.2. The fourth-order valence-electron chi connectivity index (χ4n) is 2.12. The van der Waals surface area contributed by atoms with Crippen molar-refractivity contribution in [3.8, 4) is 5.88 Å². The van der Waals surface area contributed by atoms with Crippen LogP contribution in [0.3, 0.4) is 0 Å². The van der Waals surface area contributed by atoms with Gasteiger partial charge in [-0.1, -0.05) is 41.9 Å². The number of carbonyl (C=O) groups excluding carboxylic acids is 2. The van der Waals surface area contributed by atoms with Gasteiger partial charge in [-0.2, -0.15) is 13.2 Å². The van der Waals surface area contributed by atoms with Crippen LogP contribution >= 0.6 is 11.6 Å². The molecule has 0 aliphatic heterocycles. The molecule has 0 spiro atoms. The molecule has 0 unspecified atom stereocenters. The van der Waals surface area contributed by atoms with E-state index in [0.717, 1.165) is 17.8 Å². The molecule has 0 radical (unpaired) electrons. The maximum Gasteiger partial charge on any atom is 0.422 e. The van der Waals surface area contributed by atoms with Crippen LogP contribution in [0.4, 0.5) is 13.2 Å². The summed E-state index contributed by atoms with van der Waals surface area (Å²) < 4.78 is 40.9. The second kappa shape index (κ2) is 9.93. The van der Waals surface area contributed by atoms with E-state index in [4.69, 9.17) is 11.6 Å². The van der Waals surface area contributed by atoms with Crippen LogP contribution in [-0.2, 0) is 11.2 Å². The Labute approximate surface area is 164 Å². The van der Waals surface area contributed by atoms with Crippen LogP contribution in [-0.4, -0.2) is 42.7 Å². The topological polar surface area (TPSA) is 80.3 Å². The number of carbonyl (C=O) groups is 2. The lowest BCUT2D eigenvalue weighted by atomic mass is 10.1. The average molecular weight is 416 g/mol. The van der Waals surface area contributed by atoms with Gasteiger partial charge < -0.3 is 15.4 Å². The zero-order chi connectivity index (χ0) is 20.6. The third-order valence-corrected chi connectivity index (χ3v) is 3.70. The van der Waals surface area contributed by atoms with Gasteiger partial charge in [-0.3, -0.25) is 9.59 Å². The van der Waals surface area contributed by atoms with Crippen LogP contribution in [0.25, 0.3) is 0 Å². The van der Waals surface area contributed by atoms with E-state index < -0.39 is 24.6 Å². The van der Waals surface area contributed by atoms with E-state index in [-0.39, 0.29) is 23.0 Å². The largest absolute Gasteiger partial charge is 0.467 e. The van der Waals surface area contributed by atoms with Crippen molar-refractivity contribution in [1.29, 1.82) is 0 Å². The molecular formula is C18H17ClF3N3O3. The second-order valence-corrected chi connectivity index (χ2v) is 6.09. The lowest BCUT2D eigenvalue weighted by Crippen LogP contribution is -2.37. The van der Waals surface area contributed by atoms with Gasteiger partial charge in [0.15, 0.2) is 6.61 Å². The molecule has 1 aromatic carbocycles. The van der Waals surface area contributed by atoms with Gasteiger partial charge in [0.2, 0.25) is 11.8 Å². The molecule has 2 rings (SSSR count). The van der Waals surface area contributed by atoms with Gasteiger partial charge in [0.1, 0.15) is 5.02 Å². The van der Waals surface area contributed by atoms with Crippen molar-refractivity contribution < 1.29 is 27.5 Å². The number of halogens is 4. The van der Waals surface area contributed by atoms with E-state index in [1.807, 2.05) is 30.3 Å². The Bertz CT molecular complexity index is 817. The highest BCUT2D eigenvalue weighted by molar-refractivity contribution is 6.32. The summed E-state index contributed by atoms with van der Waals surface area (Å²) >= 11 is 5.78. The molecule has 10 heteroatoms. The van der Waals surface area contributed by atoms with E-state index in [9.17, 15) is 22.8 Å². The first-order valence-corrected chi connectivity index (χ1v) is 8.56. The summed E-state index contributed by atoms with van der Waals surface area (Å²) in [5.41, 5.74) is 1.06. The minimum absolute atomic E-state index is 0.0126. The Morgan fingerprint density at radius 1 is 1.14 bits per heavy atom. The molecule has 28 heavy (non-hydrogen) atoms. The van der Waals surface area contributed by atoms with Gasteiger partial charge >= 0.3 is 6.18 Å². The molecule has 150 valence electrons. The minimum Gasteiger partial charge on any atom is -0.467 e. The summed E-state index contributed by atoms with van der Waals surface area (Å²) in [5, 5.41) is 4.80. The molecule has 1 heterocycles. The highest BCUT2D eigenvalue weighted by Gasteiger charge is 2.29. The number of nitrogens with zero attached hydrogens (tertiary/aromatic N) is 1. The fraction of sp³-hybridized carbons (Fsp3) is 0.278. The molecule has 2 N–H and O–H groups in total. The Balaban J connectivity index is 1.77. The zero-order valence-electron chi connectivity index (χ0n) is 14.6. The van der Waals surface area contributed by atoms with Crippen molar-refractivity contribution in [2.45, 2.75) is 12.6 Å². The molecule has 0 aliphatic carbocycles. The van der Waals surface area contributed by atoms with Gasteiger partial charge in [-0.25, -0.2) is 4.98 Å².